The zero-order valence-corrected chi connectivity index (χ0v) is 20.5. The molecule has 0 saturated heterocycles. The monoisotopic (exact) mass is 445 g/mol. The molecule has 2 aromatic rings. The molecular formula is C29H35NO3. The minimum Gasteiger partial charge on any atom is -0.487 e. The summed E-state index contributed by atoms with van der Waals surface area (Å²) in [6.07, 6.45) is 3.91. The topological polar surface area (TPSA) is 47.6 Å². The van der Waals surface area contributed by atoms with Crippen LogP contribution in [0.5, 0.6) is 5.75 Å². The summed E-state index contributed by atoms with van der Waals surface area (Å²) in [7, 11) is 1.41. The van der Waals surface area contributed by atoms with Crippen LogP contribution in [0.3, 0.4) is 0 Å². The normalized spacial score (nSPS) is 17.8. The van der Waals surface area contributed by atoms with Gasteiger partial charge in [-0.05, 0) is 80.8 Å². The van der Waals surface area contributed by atoms with E-state index in [2.05, 4.69) is 57.0 Å². The lowest BCUT2D eigenvalue weighted by molar-refractivity contribution is -0.139. The van der Waals surface area contributed by atoms with Gasteiger partial charge in [-0.3, -0.25) is 4.79 Å². The summed E-state index contributed by atoms with van der Waals surface area (Å²) in [6.45, 7) is 10.8. The van der Waals surface area contributed by atoms with Gasteiger partial charge in [0.05, 0.1) is 13.5 Å². The molecule has 1 saturated carbocycles. The smallest absolute Gasteiger partial charge is 0.309 e. The molecule has 0 bridgehead atoms. The second-order valence-corrected chi connectivity index (χ2v) is 10.7. The van der Waals surface area contributed by atoms with E-state index >= 15 is 0 Å². The van der Waals surface area contributed by atoms with E-state index in [0.29, 0.717) is 0 Å². The van der Waals surface area contributed by atoms with Gasteiger partial charge in [0.1, 0.15) is 11.4 Å². The fraction of sp³-hybridized carbons (Fsp3) is 0.483. The van der Waals surface area contributed by atoms with Crippen molar-refractivity contribution in [2.45, 2.75) is 70.9 Å². The predicted molar refractivity (Wildman–Crippen MR) is 131 cm³/mol. The van der Waals surface area contributed by atoms with E-state index in [1.807, 2.05) is 24.3 Å². The first-order valence-electron chi connectivity index (χ1n) is 11.9. The van der Waals surface area contributed by atoms with Crippen molar-refractivity contribution < 1.29 is 14.3 Å². The first-order chi connectivity index (χ1) is 15.6. The molecule has 1 aliphatic heterocycles. The summed E-state index contributed by atoms with van der Waals surface area (Å²) in [4.78, 5) is 11.5. The zero-order valence-electron chi connectivity index (χ0n) is 20.5. The van der Waals surface area contributed by atoms with E-state index < -0.39 is 0 Å². The second-order valence-electron chi connectivity index (χ2n) is 10.7. The maximum Gasteiger partial charge on any atom is 0.309 e. The van der Waals surface area contributed by atoms with Gasteiger partial charge < -0.3 is 14.8 Å². The Hall–Kier alpha value is -2.77. The number of hydrogen-bond donors (Lipinski definition) is 1. The molecule has 1 N–H and O–H groups in total. The molecule has 0 spiro atoms. The maximum atomic E-state index is 11.5. The largest absolute Gasteiger partial charge is 0.487 e. The summed E-state index contributed by atoms with van der Waals surface area (Å²) in [5.41, 5.74) is 5.10. The van der Waals surface area contributed by atoms with Crippen LogP contribution in [0, 0.1) is 17.8 Å². The van der Waals surface area contributed by atoms with Crippen molar-refractivity contribution in [3.05, 3.63) is 64.2 Å². The van der Waals surface area contributed by atoms with Crippen LogP contribution in [-0.4, -0.2) is 25.2 Å². The van der Waals surface area contributed by atoms with Crippen LogP contribution in [0.15, 0.2) is 36.4 Å². The van der Waals surface area contributed by atoms with Gasteiger partial charge in [0, 0.05) is 28.8 Å². The van der Waals surface area contributed by atoms with Crippen molar-refractivity contribution >= 4 is 5.97 Å². The van der Waals surface area contributed by atoms with E-state index in [4.69, 9.17) is 9.47 Å². The van der Waals surface area contributed by atoms with E-state index in [1.165, 1.54) is 31.1 Å². The number of benzene rings is 2. The Morgan fingerprint density at radius 2 is 1.79 bits per heavy atom. The molecule has 1 aliphatic carbocycles. The number of esters is 1. The number of methoxy groups -OCH3 is 1. The molecule has 33 heavy (non-hydrogen) atoms. The minimum absolute atomic E-state index is 0.00947. The van der Waals surface area contributed by atoms with Crippen LogP contribution in [0.25, 0.3) is 0 Å². The number of rotatable bonds is 6. The van der Waals surface area contributed by atoms with Crippen molar-refractivity contribution in [1.29, 1.82) is 0 Å². The molecule has 1 heterocycles. The zero-order chi connectivity index (χ0) is 23.6. The van der Waals surface area contributed by atoms with Gasteiger partial charge >= 0.3 is 5.97 Å². The van der Waals surface area contributed by atoms with Crippen molar-refractivity contribution in [1.82, 2.24) is 5.32 Å². The summed E-state index contributed by atoms with van der Waals surface area (Å²) in [5.74, 6) is 8.28. The van der Waals surface area contributed by atoms with Crippen LogP contribution < -0.4 is 10.1 Å². The van der Waals surface area contributed by atoms with Crippen molar-refractivity contribution in [3.63, 3.8) is 0 Å². The lowest BCUT2D eigenvalue weighted by Gasteiger charge is -2.43. The number of carbonyl (C=O) groups is 1. The lowest BCUT2D eigenvalue weighted by Crippen LogP contribution is -2.42. The molecule has 4 heteroatoms. The highest BCUT2D eigenvalue weighted by Gasteiger charge is 2.40. The Bertz CT molecular complexity index is 1080. The minimum atomic E-state index is -0.237. The first kappa shape index (κ1) is 23.4. The quantitative estimate of drug-likeness (QED) is 0.494. The molecule has 0 radical (unpaired) electrons. The van der Waals surface area contributed by atoms with Crippen LogP contribution >= 0.6 is 0 Å². The Morgan fingerprint density at radius 1 is 1.09 bits per heavy atom. The average molecular weight is 446 g/mol. The van der Waals surface area contributed by atoms with Gasteiger partial charge in [0.2, 0.25) is 0 Å². The molecule has 174 valence electrons. The SMILES string of the molecule is COC(=O)Cc1ccc(C#Cc2cc(CNCC3CC3)c3c(c2)C(C)(C)CC(C)(C)O3)cc1. The molecule has 4 nitrogen and oxygen atoms in total. The van der Waals surface area contributed by atoms with Crippen LogP contribution in [-0.2, 0) is 27.9 Å². The molecule has 0 atom stereocenters. The molecule has 0 amide bonds. The third-order valence-corrected chi connectivity index (χ3v) is 6.47. The summed E-state index contributed by atoms with van der Waals surface area (Å²) in [5, 5.41) is 3.63. The Kier molecular flexibility index (Phi) is 6.54. The van der Waals surface area contributed by atoms with Gasteiger partial charge in [-0.1, -0.05) is 37.8 Å². The van der Waals surface area contributed by atoms with Crippen molar-refractivity contribution in [2.24, 2.45) is 5.92 Å². The van der Waals surface area contributed by atoms with E-state index in [0.717, 1.165) is 47.9 Å². The first-order valence-corrected chi connectivity index (χ1v) is 11.9. The van der Waals surface area contributed by atoms with E-state index in [-0.39, 0.29) is 23.4 Å². The van der Waals surface area contributed by atoms with Gasteiger partial charge in [-0.15, -0.1) is 0 Å². The number of nitrogens with one attached hydrogen (secondary N) is 1. The van der Waals surface area contributed by atoms with Gasteiger partial charge in [-0.25, -0.2) is 0 Å². The van der Waals surface area contributed by atoms with E-state index in [1.54, 1.807) is 0 Å². The molecule has 0 unspecified atom stereocenters. The highest BCUT2D eigenvalue weighted by atomic mass is 16.5. The third-order valence-electron chi connectivity index (χ3n) is 6.47. The van der Waals surface area contributed by atoms with Gasteiger partial charge in [-0.2, -0.15) is 0 Å². The Balaban J connectivity index is 1.61. The molecule has 1 fully saturated rings. The molecule has 0 aromatic heterocycles. The highest BCUT2D eigenvalue weighted by Crippen LogP contribution is 2.46. The summed E-state index contributed by atoms with van der Waals surface area (Å²) in [6, 6.07) is 12.2. The average Bonchev–Trinajstić information content (AvgIpc) is 3.57. The van der Waals surface area contributed by atoms with Crippen molar-refractivity contribution in [2.75, 3.05) is 13.7 Å². The van der Waals surface area contributed by atoms with Gasteiger partial charge in [0.15, 0.2) is 0 Å². The van der Waals surface area contributed by atoms with Crippen LogP contribution in [0.2, 0.25) is 0 Å². The van der Waals surface area contributed by atoms with E-state index in [9.17, 15) is 4.79 Å². The Labute approximate surface area is 198 Å². The lowest BCUT2D eigenvalue weighted by atomic mass is 9.72. The van der Waals surface area contributed by atoms with Crippen LogP contribution in [0.4, 0.5) is 0 Å². The van der Waals surface area contributed by atoms with Gasteiger partial charge in [0.25, 0.3) is 0 Å². The summed E-state index contributed by atoms with van der Waals surface area (Å²) < 4.78 is 11.2. The maximum absolute atomic E-state index is 11.5. The molecule has 2 aliphatic rings. The number of hydrogen-bond acceptors (Lipinski definition) is 4. The molecular weight excluding hydrogens is 410 g/mol. The molecule has 2 aromatic carbocycles. The Morgan fingerprint density at radius 3 is 2.45 bits per heavy atom. The number of fused-ring (bicyclic) bond motifs is 1. The molecule has 4 rings (SSSR count). The van der Waals surface area contributed by atoms with Crippen molar-refractivity contribution in [3.8, 4) is 17.6 Å². The second kappa shape index (κ2) is 9.23. The number of ether oxygens (including phenoxy) is 2. The summed E-state index contributed by atoms with van der Waals surface area (Å²) >= 11 is 0. The third kappa shape index (κ3) is 5.97. The highest BCUT2D eigenvalue weighted by molar-refractivity contribution is 5.72. The fourth-order valence-corrected chi connectivity index (χ4v) is 4.81. The predicted octanol–water partition coefficient (Wildman–Crippen LogP) is 5.14. The standard InChI is InChI=1S/C29H35NO3/c1-28(2)19-29(3,4)33-27-24(18-30-17-22-11-12-22)14-23(15-25(27)28)13-8-20-6-9-21(10-7-20)16-26(31)32-5/h6-7,9-10,14-15,22,30H,11-12,16-19H2,1-5H3. The number of carbonyl (C=O) groups excluding carboxylic acids is 1. The fourth-order valence-electron chi connectivity index (χ4n) is 4.81. The van der Waals surface area contributed by atoms with Crippen LogP contribution in [0.1, 0.15) is 74.8 Å².